The number of imide groups is 2. The molecule has 0 bridgehead atoms. The maximum absolute atomic E-state index is 13.0. The second kappa shape index (κ2) is 10.2. The predicted octanol–water partition coefficient (Wildman–Crippen LogP) is 0.215. The Hall–Kier alpha value is -2.20. The topological polar surface area (TPSA) is 108 Å². The van der Waals surface area contributed by atoms with E-state index in [2.05, 4.69) is 15.5 Å². The maximum Gasteiger partial charge on any atom is 0.266 e. The summed E-state index contributed by atoms with van der Waals surface area (Å²) in [5, 5.41) is 5.48. The summed E-state index contributed by atoms with van der Waals surface area (Å²) >= 11 is 0. The summed E-state index contributed by atoms with van der Waals surface area (Å²) in [6.45, 7) is 4.89. The van der Waals surface area contributed by atoms with Crippen molar-refractivity contribution in [3.05, 3.63) is 29.3 Å². The second-order valence-electron chi connectivity index (χ2n) is 7.07. The lowest BCUT2D eigenvalue weighted by Crippen LogP contribution is -2.54. The zero-order chi connectivity index (χ0) is 19.7. The van der Waals surface area contributed by atoms with Crippen LogP contribution in [0.25, 0.3) is 0 Å². The van der Waals surface area contributed by atoms with Crippen LogP contribution in [0.3, 0.4) is 0 Å². The first kappa shape index (κ1) is 24.1. The minimum Gasteiger partial charge on any atom is -0.491 e. The zero-order valence-corrected chi connectivity index (χ0v) is 17.9. The third-order valence-corrected chi connectivity index (χ3v) is 5.30. The molecule has 2 saturated heterocycles. The lowest BCUT2D eigenvalue weighted by Gasteiger charge is -2.28. The first-order chi connectivity index (χ1) is 13.6. The fourth-order valence-electron chi connectivity index (χ4n) is 3.82. The Kier molecular flexibility index (Phi) is 8.19. The molecule has 30 heavy (non-hydrogen) atoms. The molecule has 3 aliphatic rings. The van der Waals surface area contributed by atoms with Crippen molar-refractivity contribution in [3.63, 3.8) is 0 Å². The number of halogens is 2. The van der Waals surface area contributed by atoms with E-state index in [0.29, 0.717) is 12.4 Å². The van der Waals surface area contributed by atoms with Gasteiger partial charge in [0.15, 0.2) is 0 Å². The van der Waals surface area contributed by atoms with Crippen molar-refractivity contribution >= 4 is 48.4 Å². The average Bonchev–Trinajstić information content (AvgIpc) is 2.94. The van der Waals surface area contributed by atoms with E-state index in [1.54, 1.807) is 18.2 Å². The molecule has 1 atom stereocenters. The number of rotatable bonds is 5. The molecule has 2 fully saturated rings. The summed E-state index contributed by atoms with van der Waals surface area (Å²) < 4.78 is 5.83. The van der Waals surface area contributed by atoms with E-state index in [1.165, 1.54) is 0 Å². The highest BCUT2D eigenvalue weighted by Gasteiger charge is 2.45. The number of nitrogens with zero attached hydrogens (tertiary/aromatic N) is 2. The van der Waals surface area contributed by atoms with Crippen molar-refractivity contribution in [1.29, 1.82) is 0 Å². The molecular formula is C19H24Cl2N4O5. The predicted molar refractivity (Wildman–Crippen MR) is 112 cm³/mol. The number of hydrogen-bond donors (Lipinski definition) is 2. The quantitative estimate of drug-likeness (QED) is 0.607. The molecule has 2 N–H and O–H groups in total. The van der Waals surface area contributed by atoms with E-state index >= 15 is 0 Å². The lowest BCUT2D eigenvalue weighted by molar-refractivity contribution is -0.136. The van der Waals surface area contributed by atoms with Crippen molar-refractivity contribution in [2.45, 2.75) is 18.9 Å². The number of benzene rings is 1. The molecule has 1 unspecified atom stereocenters. The Labute approximate surface area is 186 Å². The van der Waals surface area contributed by atoms with Crippen LogP contribution in [0.4, 0.5) is 0 Å². The first-order valence-corrected chi connectivity index (χ1v) is 9.46. The smallest absolute Gasteiger partial charge is 0.266 e. The number of ether oxygens (including phenoxy) is 1. The summed E-state index contributed by atoms with van der Waals surface area (Å²) in [6, 6.07) is 3.91. The first-order valence-electron chi connectivity index (χ1n) is 9.46. The molecular weight excluding hydrogens is 435 g/mol. The Bertz CT molecular complexity index is 844. The standard InChI is InChI=1S/C19H22N4O5.2ClH/c24-15-5-4-13(17(25)21-15)23-18(26)12-2-1-3-14(16(12)19(23)27)28-11-10-22-8-6-20-7-9-22;;/h1-3,13,20H,4-11H2,(H,21,24,25);2*1H. The van der Waals surface area contributed by atoms with Gasteiger partial charge in [-0.3, -0.25) is 34.3 Å². The Morgan fingerprint density at radius 3 is 2.47 bits per heavy atom. The Balaban J connectivity index is 0.00000160. The summed E-state index contributed by atoms with van der Waals surface area (Å²) in [6.07, 6.45) is 0.229. The number of hydrogen-bond acceptors (Lipinski definition) is 7. The molecule has 164 valence electrons. The third-order valence-electron chi connectivity index (χ3n) is 5.30. The van der Waals surface area contributed by atoms with Crippen LogP contribution >= 0.6 is 24.8 Å². The number of carbonyl (C=O) groups excluding carboxylic acids is 4. The fourth-order valence-corrected chi connectivity index (χ4v) is 3.82. The molecule has 1 aromatic carbocycles. The van der Waals surface area contributed by atoms with E-state index in [4.69, 9.17) is 4.74 Å². The molecule has 11 heteroatoms. The molecule has 3 aliphatic heterocycles. The molecule has 0 aliphatic carbocycles. The van der Waals surface area contributed by atoms with Gasteiger partial charge in [0, 0.05) is 39.1 Å². The zero-order valence-electron chi connectivity index (χ0n) is 16.2. The van der Waals surface area contributed by atoms with E-state index in [9.17, 15) is 19.2 Å². The molecule has 0 aromatic heterocycles. The SMILES string of the molecule is Cl.Cl.O=C1CCC(N2C(=O)c3cccc(OCCN4CCNCC4)c3C2=O)C(=O)N1. The van der Waals surface area contributed by atoms with Gasteiger partial charge in [0.05, 0.1) is 11.1 Å². The molecule has 4 amide bonds. The molecule has 4 rings (SSSR count). The maximum atomic E-state index is 13.0. The highest BCUT2D eigenvalue weighted by Crippen LogP contribution is 2.33. The van der Waals surface area contributed by atoms with Gasteiger partial charge in [-0.05, 0) is 18.6 Å². The number of amides is 4. The molecule has 0 spiro atoms. The van der Waals surface area contributed by atoms with Crippen molar-refractivity contribution < 1.29 is 23.9 Å². The van der Waals surface area contributed by atoms with Gasteiger partial charge < -0.3 is 10.1 Å². The van der Waals surface area contributed by atoms with Crippen molar-refractivity contribution in [2.75, 3.05) is 39.3 Å². The number of fused-ring (bicyclic) bond motifs is 1. The summed E-state index contributed by atoms with van der Waals surface area (Å²) in [4.78, 5) is 52.5. The fraction of sp³-hybridized carbons (Fsp3) is 0.474. The minimum atomic E-state index is -0.973. The van der Waals surface area contributed by atoms with Crippen LogP contribution in [-0.2, 0) is 9.59 Å². The van der Waals surface area contributed by atoms with Crippen LogP contribution in [0.2, 0.25) is 0 Å². The van der Waals surface area contributed by atoms with E-state index < -0.39 is 29.7 Å². The number of nitrogens with one attached hydrogen (secondary N) is 2. The monoisotopic (exact) mass is 458 g/mol. The highest BCUT2D eigenvalue weighted by atomic mass is 35.5. The normalized spacial score (nSPS) is 21.5. The van der Waals surface area contributed by atoms with Crippen LogP contribution in [0.15, 0.2) is 18.2 Å². The van der Waals surface area contributed by atoms with E-state index in [1.807, 2.05) is 0 Å². The summed E-state index contributed by atoms with van der Waals surface area (Å²) in [5.74, 6) is -1.74. The lowest BCUT2D eigenvalue weighted by atomic mass is 10.0. The molecule has 3 heterocycles. The molecule has 0 radical (unpaired) electrons. The number of piperazine rings is 1. The molecule has 9 nitrogen and oxygen atoms in total. The van der Waals surface area contributed by atoms with Gasteiger partial charge in [0.25, 0.3) is 11.8 Å². The van der Waals surface area contributed by atoms with E-state index in [0.717, 1.165) is 37.6 Å². The molecule has 0 saturated carbocycles. The number of piperidine rings is 1. The summed E-state index contributed by atoms with van der Waals surface area (Å²) in [5.41, 5.74) is 0.423. The van der Waals surface area contributed by atoms with Gasteiger partial charge in [-0.25, -0.2) is 0 Å². The Morgan fingerprint density at radius 2 is 1.77 bits per heavy atom. The highest BCUT2D eigenvalue weighted by molar-refractivity contribution is 6.24. The average molecular weight is 459 g/mol. The van der Waals surface area contributed by atoms with Crippen LogP contribution in [0.5, 0.6) is 5.75 Å². The molecule has 1 aromatic rings. The van der Waals surface area contributed by atoms with Crippen molar-refractivity contribution in [1.82, 2.24) is 20.4 Å². The van der Waals surface area contributed by atoms with Gasteiger partial charge >= 0.3 is 0 Å². The van der Waals surface area contributed by atoms with Crippen molar-refractivity contribution in [2.24, 2.45) is 0 Å². The van der Waals surface area contributed by atoms with Gasteiger partial charge in [0.2, 0.25) is 11.8 Å². The van der Waals surface area contributed by atoms with E-state index in [-0.39, 0.29) is 48.8 Å². The van der Waals surface area contributed by atoms with Crippen LogP contribution in [-0.4, -0.2) is 78.8 Å². The Morgan fingerprint density at radius 1 is 1.03 bits per heavy atom. The van der Waals surface area contributed by atoms with Gasteiger partial charge in [-0.1, -0.05) is 6.07 Å². The summed E-state index contributed by atoms with van der Waals surface area (Å²) in [7, 11) is 0. The largest absolute Gasteiger partial charge is 0.491 e. The number of carbonyl (C=O) groups is 4. The second-order valence-corrected chi connectivity index (χ2v) is 7.07. The van der Waals surface area contributed by atoms with Gasteiger partial charge in [-0.15, -0.1) is 24.8 Å². The van der Waals surface area contributed by atoms with Crippen molar-refractivity contribution in [3.8, 4) is 5.75 Å². The third kappa shape index (κ3) is 4.59. The van der Waals surface area contributed by atoms with Crippen LogP contribution in [0.1, 0.15) is 33.6 Å². The van der Waals surface area contributed by atoms with Crippen LogP contribution < -0.4 is 15.4 Å². The van der Waals surface area contributed by atoms with Gasteiger partial charge in [0.1, 0.15) is 18.4 Å². The van der Waals surface area contributed by atoms with Crippen LogP contribution in [0, 0.1) is 0 Å². The minimum absolute atomic E-state index is 0. The van der Waals surface area contributed by atoms with Gasteiger partial charge in [-0.2, -0.15) is 0 Å².